The third-order valence-corrected chi connectivity index (χ3v) is 3.47. The first kappa shape index (κ1) is 16.7. The molecule has 1 aromatic heterocycles. The number of nitrogens with one attached hydrogen (secondary N) is 1. The lowest BCUT2D eigenvalue weighted by Gasteiger charge is -2.22. The lowest BCUT2D eigenvalue weighted by Crippen LogP contribution is -2.33. The molecule has 0 unspecified atom stereocenters. The predicted octanol–water partition coefficient (Wildman–Crippen LogP) is 2.51. The molecule has 0 saturated heterocycles. The van der Waals surface area contributed by atoms with Gasteiger partial charge in [-0.3, -0.25) is 9.89 Å². The smallest absolute Gasteiger partial charge is 0.257 e. The molecular formula is C15H27N3O2. The van der Waals surface area contributed by atoms with E-state index in [1.165, 1.54) is 19.3 Å². The van der Waals surface area contributed by atoms with Crippen LogP contribution in [0.15, 0.2) is 6.20 Å². The minimum absolute atomic E-state index is 0.0141. The van der Waals surface area contributed by atoms with Crippen LogP contribution >= 0.6 is 0 Å². The normalized spacial score (nSPS) is 10.8. The Labute approximate surface area is 121 Å². The van der Waals surface area contributed by atoms with Crippen LogP contribution in [-0.2, 0) is 0 Å². The first-order valence-corrected chi connectivity index (χ1v) is 7.60. The van der Waals surface area contributed by atoms with Gasteiger partial charge < -0.3 is 10.0 Å². The molecule has 0 aliphatic carbocycles. The summed E-state index contributed by atoms with van der Waals surface area (Å²) in [4.78, 5) is 14.3. The van der Waals surface area contributed by atoms with Gasteiger partial charge in [-0.15, -0.1) is 0 Å². The van der Waals surface area contributed by atoms with Crippen molar-refractivity contribution < 1.29 is 9.90 Å². The highest BCUT2D eigenvalue weighted by Gasteiger charge is 2.18. The van der Waals surface area contributed by atoms with Crippen molar-refractivity contribution in [2.75, 3.05) is 19.7 Å². The molecule has 2 N–H and O–H groups in total. The van der Waals surface area contributed by atoms with Crippen molar-refractivity contribution in [3.63, 3.8) is 0 Å². The molecule has 1 aromatic rings. The molecular weight excluding hydrogens is 254 g/mol. The average molecular weight is 281 g/mol. The molecule has 20 heavy (non-hydrogen) atoms. The van der Waals surface area contributed by atoms with Crippen molar-refractivity contribution in [3.05, 3.63) is 17.5 Å². The Bertz CT molecular complexity index is 390. The van der Waals surface area contributed by atoms with Gasteiger partial charge in [-0.2, -0.15) is 5.10 Å². The maximum absolute atomic E-state index is 12.4. The van der Waals surface area contributed by atoms with Gasteiger partial charge in [0.2, 0.25) is 0 Å². The number of aryl methyl sites for hydroxylation is 1. The quantitative estimate of drug-likeness (QED) is 0.647. The van der Waals surface area contributed by atoms with E-state index in [0.717, 1.165) is 25.1 Å². The molecule has 1 rings (SSSR count). The molecule has 0 bridgehead atoms. The topological polar surface area (TPSA) is 69.2 Å². The minimum atomic E-state index is 0.0141. The van der Waals surface area contributed by atoms with Crippen molar-refractivity contribution >= 4 is 5.91 Å². The van der Waals surface area contributed by atoms with Crippen molar-refractivity contribution in [3.8, 4) is 0 Å². The highest BCUT2D eigenvalue weighted by Crippen LogP contribution is 2.10. The second-order valence-electron chi connectivity index (χ2n) is 5.19. The third-order valence-electron chi connectivity index (χ3n) is 3.47. The van der Waals surface area contributed by atoms with E-state index in [2.05, 4.69) is 17.1 Å². The Morgan fingerprint density at radius 3 is 2.55 bits per heavy atom. The summed E-state index contributed by atoms with van der Waals surface area (Å²) >= 11 is 0. The van der Waals surface area contributed by atoms with E-state index in [1.807, 2.05) is 11.8 Å². The summed E-state index contributed by atoms with van der Waals surface area (Å²) in [5.41, 5.74) is 1.44. The van der Waals surface area contributed by atoms with Gasteiger partial charge in [-0.05, 0) is 19.8 Å². The molecule has 1 heterocycles. The number of unbranched alkanes of at least 4 members (excludes halogenated alkanes) is 4. The van der Waals surface area contributed by atoms with E-state index in [1.54, 1.807) is 6.20 Å². The second-order valence-corrected chi connectivity index (χ2v) is 5.19. The Balaban J connectivity index is 2.50. The number of carbonyl (C=O) groups excluding carboxylic acids is 1. The summed E-state index contributed by atoms with van der Waals surface area (Å²) in [6.07, 6.45) is 8.09. The number of hydrogen-bond donors (Lipinski definition) is 2. The van der Waals surface area contributed by atoms with Gasteiger partial charge in [0.15, 0.2) is 0 Å². The molecule has 0 fully saturated rings. The first-order chi connectivity index (χ1) is 9.70. The number of hydrogen-bond acceptors (Lipinski definition) is 3. The van der Waals surface area contributed by atoms with E-state index in [-0.39, 0.29) is 12.5 Å². The molecule has 0 spiro atoms. The van der Waals surface area contributed by atoms with E-state index in [9.17, 15) is 4.79 Å². The molecule has 0 radical (unpaired) electrons. The minimum Gasteiger partial charge on any atom is -0.396 e. The first-order valence-electron chi connectivity index (χ1n) is 7.60. The molecule has 114 valence electrons. The SMILES string of the molecule is CCCCCCCN(CCCO)C(=O)c1cn[nH]c1C. The Morgan fingerprint density at radius 2 is 1.95 bits per heavy atom. The molecule has 0 saturated carbocycles. The van der Waals surface area contributed by atoms with E-state index in [0.29, 0.717) is 18.5 Å². The molecule has 0 atom stereocenters. The van der Waals surface area contributed by atoms with Crippen LogP contribution in [0.2, 0.25) is 0 Å². The van der Waals surface area contributed by atoms with Gasteiger partial charge >= 0.3 is 0 Å². The summed E-state index contributed by atoms with van der Waals surface area (Å²) in [5.74, 6) is 0.0141. The molecule has 5 nitrogen and oxygen atoms in total. The Morgan fingerprint density at radius 1 is 1.25 bits per heavy atom. The zero-order chi connectivity index (χ0) is 14.8. The average Bonchev–Trinajstić information content (AvgIpc) is 2.87. The summed E-state index contributed by atoms with van der Waals surface area (Å²) in [6.45, 7) is 5.52. The van der Waals surface area contributed by atoms with E-state index in [4.69, 9.17) is 5.11 Å². The van der Waals surface area contributed by atoms with Gasteiger partial charge in [0.05, 0.1) is 11.8 Å². The van der Waals surface area contributed by atoms with Crippen molar-refractivity contribution in [2.24, 2.45) is 0 Å². The summed E-state index contributed by atoms with van der Waals surface area (Å²) in [7, 11) is 0. The number of amides is 1. The lowest BCUT2D eigenvalue weighted by molar-refractivity contribution is 0.0741. The number of rotatable bonds is 10. The zero-order valence-electron chi connectivity index (χ0n) is 12.7. The number of aliphatic hydroxyl groups is 1. The molecule has 1 amide bonds. The Kier molecular flexibility index (Phi) is 7.95. The Hall–Kier alpha value is -1.36. The summed E-state index contributed by atoms with van der Waals surface area (Å²) in [5, 5.41) is 15.7. The third kappa shape index (κ3) is 5.33. The van der Waals surface area contributed by atoms with Crippen LogP contribution < -0.4 is 0 Å². The van der Waals surface area contributed by atoms with E-state index >= 15 is 0 Å². The van der Waals surface area contributed by atoms with Crippen LogP contribution in [-0.4, -0.2) is 45.8 Å². The molecule has 5 heteroatoms. The molecule has 0 aromatic carbocycles. The number of carbonyl (C=O) groups is 1. The fraction of sp³-hybridized carbons (Fsp3) is 0.733. The number of aliphatic hydroxyl groups excluding tert-OH is 1. The summed E-state index contributed by atoms with van der Waals surface area (Å²) < 4.78 is 0. The van der Waals surface area contributed by atoms with E-state index < -0.39 is 0 Å². The fourth-order valence-corrected chi connectivity index (χ4v) is 2.22. The standard InChI is InChI=1S/C15H27N3O2/c1-3-4-5-6-7-9-18(10-8-11-19)15(20)14-12-16-17-13(14)2/h12,19H,3-11H2,1-2H3,(H,16,17). The van der Waals surface area contributed by atoms with Gasteiger partial charge in [-0.25, -0.2) is 0 Å². The number of H-pyrrole nitrogens is 1. The van der Waals surface area contributed by atoms with Crippen LogP contribution in [0.4, 0.5) is 0 Å². The van der Waals surface area contributed by atoms with Gasteiger partial charge in [0.1, 0.15) is 0 Å². The van der Waals surface area contributed by atoms with Crippen LogP contribution in [0, 0.1) is 6.92 Å². The van der Waals surface area contributed by atoms with Crippen LogP contribution in [0.3, 0.4) is 0 Å². The molecule has 0 aliphatic heterocycles. The number of nitrogens with zero attached hydrogens (tertiary/aromatic N) is 2. The van der Waals surface area contributed by atoms with Gasteiger partial charge in [-0.1, -0.05) is 32.6 Å². The van der Waals surface area contributed by atoms with Crippen LogP contribution in [0.25, 0.3) is 0 Å². The zero-order valence-corrected chi connectivity index (χ0v) is 12.7. The van der Waals surface area contributed by atoms with Crippen molar-refractivity contribution in [1.82, 2.24) is 15.1 Å². The summed E-state index contributed by atoms with van der Waals surface area (Å²) in [6, 6.07) is 0. The highest BCUT2D eigenvalue weighted by atomic mass is 16.3. The van der Waals surface area contributed by atoms with Gasteiger partial charge in [0, 0.05) is 25.4 Å². The van der Waals surface area contributed by atoms with Crippen LogP contribution in [0.5, 0.6) is 0 Å². The van der Waals surface area contributed by atoms with Crippen LogP contribution in [0.1, 0.15) is 61.5 Å². The predicted molar refractivity (Wildman–Crippen MR) is 79.7 cm³/mol. The monoisotopic (exact) mass is 281 g/mol. The fourth-order valence-electron chi connectivity index (χ4n) is 2.22. The lowest BCUT2D eigenvalue weighted by atomic mass is 10.1. The molecule has 0 aliphatic rings. The largest absolute Gasteiger partial charge is 0.396 e. The maximum Gasteiger partial charge on any atom is 0.257 e. The van der Waals surface area contributed by atoms with Crippen molar-refractivity contribution in [1.29, 1.82) is 0 Å². The number of aromatic nitrogens is 2. The number of aromatic amines is 1. The maximum atomic E-state index is 12.4. The van der Waals surface area contributed by atoms with Gasteiger partial charge in [0.25, 0.3) is 5.91 Å². The second kappa shape index (κ2) is 9.53. The highest BCUT2D eigenvalue weighted by molar-refractivity contribution is 5.95. The van der Waals surface area contributed by atoms with Crippen molar-refractivity contribution in [2.45, 2.75) is 52.4 Å².